The van der Waals surface area contributed by atoms with Crippen LogP contribution in [0, 0.1) is 0 Å². The number of methoxy groups -OCH3 is 1. The highest BCUT2D eigenvalue weighted by molar-refractivity contribution is 5.70. The summed E-state index contributed by atoms with van der Waals surface area (Å²) in [5.41, 5.74) is 2.91. The lowest BCUT2D eigenvalue weighted by Gasteiger charge is -2.04. The molecule has 5 aromatic rings. The third-order valence-corrected chi connectivity index (χ3v) is 4.37. The van der Waals surface area contributed by atoms with Gasteiger partial charge in [-0.2, -0.15) is 9.67 Å². The molecule has 3 heterocycles. The van der Waals surface area contributed by atoms with Gasteiger partial charge in [0.1, 0.15) is 11.6 Å². The first-order chi connectivity index (χ1) is 14.3. The van der Waals surface area contributed by atoms with E-state index in [4.69, 9.17) is 9.26 Å². The van der Waals surface area contributed by atoms with E-state index in [9.17, 15) is 0 Å². The summed E-state index contributed by atoms with van der Waals surface area (Å²) in [5, 5.41) is 12.4. The summed E-state index contributed by atoms with van der Waals surface area (Å²) in [6.07, 6.45) is 1.95. The molecule has 0 aliphatic rings. The van der Waals surface area contributed by atoms with Crippen molar-refractivity contribution in [3.8, 4) is 22.8 Å². The topological polar surface area (TPSA) is 105 Å². The van der Waals surface area contributed by atoms with Gasteiger partial charge in [0.2, 0.25) is 11.7 Å². The van der Waals surface area contributed by atoms with Gasteiger partial charge in [-0.05, 0) is 24.3 Å². The summed E-state index contributed by atoms with van der Waals surface area (Å²) in [4.78, 5) is 13.4. The van der Waals surface area contributed by atoms with E-state index in [1.54, 1.807) is 18.0 Å². The van der Waals surface area contributed by atoms with E-state index in [1.807, 2.05) is 54.6 Å². The minimum atomic E-state index is 0.309. The highest BCUT2D eigenvalue weighted by Gasteiger charge is 2.14. The van der Waals surface area contributed by atoms with Crippen LogP contribution in [-0.4, -0.2) is 42.2 Å². The Morgan fingerprint density at radius 3 is 2.62 bits per heavy atom. The number of nitrogens with zero attached hydrogens (tertiary/aromatic N) is 7. The van der Waals surface area contributed by atoms with E-state index in [0.717, 1.165) is 17.0 Å². The van der Waals surface area contributed by atoms with E-state index < -0.39 is 0 Å². The van der Waals surface area contributed by atoms with Crippen LogP contribution >= 0.6 is 0 Å². The Morgan fingerprint density at radius 1 is 1.00 bits per heavy atom. The summed E-state index contributed by atoms with van der Waals surface area (Å²) >= 11 is 0. The van der Waals surface area contributed by atoms with Gasteiger partial charge in [-0.15, -0.1) is 5.10 Å². The van der Waals surface area contributed by atoms with Crippen LogP contribution in [0.5, 0.6) is 5.75 Å². The number of benzene rings is 2. The van der Waals surface area contributed by atoms with E-state index >= 15 is 0 Å². The first-order valence-corrected chi connectivity index (χ1v) is 8.90. The lowest BCUT2D eigenvalue weighted by atomic mass is 10.2. The van der Waals surface area contributed by atoms with Gasteiger partial charge >= 0.3 is 0 Å². The van der Waals surface area contributed by atoms with Crippen molar-refractivity contribution in [2.75, 3.05) is 7.11 Å². The third-order valence-electron chi connectivity index (χ3n) is 4.37. The molecule has 9 nitrogen and oxygen atoms in total. The number of hydrogen-bond acceptors (Lipinski definition) is 8. The molecule has 142 valence electrons. The zero-order chi connectivity index (χ0) is 19.6. The summed E-state index contributed by atoms with van der Waals surface area (Å²) in [6, 6.07) is 17.1. The van der Waals surface area contributed by atoms with Crippen molar-refractivity contribution in [1.82, 2.24) is 35.1 Å². The molecule has 9 heteroatoms. The van der Waals surface area contributed by atoms with E-state index in [1.165, 1.54) is 0 Å². The van der Waals surface area contributed by atoms with Gasteiger partial charge in [-0.3, -0.25) is 0 Å². The Morgan fingerprint density at radius 2 is 1.83 bits per heavy atom. The highest BCUT2D eigenvalue weighted by atomic mass is 16.5. The maximum absolute atomic E-state index is 5.36. The Labute approximate surface area is 165 Å². The van der Waals surface area contributed by atoms with Crippen molar-refractivity contribution in [2.45, 2.75) is 6.42 Å². The third kappa shape index (κ3) is 3.29. The second-order valence-corrected chi connectivity index (χ2v) is 6.25. The van der Waals surface area contributed by atoms with Crippen molar-refractivity contribution in [2.24, 2.45) is 0 Å². The first-order valence-electron chi connectivity index (χ1n) is 8.90. The fourth-order valence-electron chi connectivity index (χ4n) is 2.91. The van der Waals surface area contributed by atoms with Crippen molar-refractivity contribution in [1.29, 1.82) is 0 Å². The summed E-state index contributed by atoms with van der Waals surface area (Å²) in [6.45, 7) is 0. The molecule has 0 aliphatic heterocycles. The molecule has 2 aromatic carbocycles. The first kappa shape index (κ1) is 17.0. The number of hydrogen-bond donors (Lipinski definition) is 0. The van der Waals surface area contributed by atoms with Gasteiger partial charge in [-0.25, -0.2) is 9.97 Å². The van der Waals surface area contributed by atoms with Crippen LogP contribution < -0.4 is 4.74 Å². The SMILES string of the molecule is COc1ccc(-n2nnc3cnc(Cc4nc(-c5ccccc5)no4)nc32)cc1. The molecule has 3 aromatic heterocycles. The number of ether oxygens (including phenoxy) is 1. The van der Waals surface area contributed by atoms with Crippen molar-refractivity contribution in [3.63, 3.8) is 0 Å². The van der Waals surface area contributed by atoms with Gasteiger partial charge in [0, 0.05) is 5.56 Å². The highest BCUT2D eigenvalue weighted by Crippen LogP contribution is 2.19. The molecule has 0 fully saturated rings. The minimum Gasteiger partial charge on any atom is -0.497 e. The lowest BCUT2D eigenvalue weighted by Crippen LogP contribution is -2.02. The monoisotopic (exact) mass is 385 g/mol. The van der Waals surface area contributed by atoms with Crippen molar-refractivity contribution < 1.29 is 9.26 Å². The summed E-state index contributed by atoms with van der Waals surface area (Å²) in [5.74, 6) is 2.27. The molecule has 0 aliphatic carbocycles. The second-order valence-electron chi connectivity index (χ2n) is 6.25. The van der Waals surface area contributed by atoms with Gasteiger partial charge in [0.25, 0.3) is 0 Å². The maximum Gasteiger partial charge on any atom is 0.234 e. The standard InChI is InChI=1S/C20H15N7O2/c1-28-15-9-7-14(8-10-15)27-20-16(24-26-27)12-21-17(22-20)11-18-23-19(25-29-18)13-5-3-2-4-6-13/h2-10,12H,11H2,1H3. The molecule has 5 rings (SSSR count). The molecule has 0 radical (unpaired) electrons. The maximum atomic E-state index is 5.36. The Balaban J connectivity index is 1.45. The van der Waals surface area contributed by atoms with Crippen LogP contribution in [0.25, 0.3) is 28.2 Å². The second kappa shape index (κ2) is 7.12. The molecule has 0 bridgehead atoms. The minimum absolute atomic E-state index is 0.309. The molecular weight excluding hydrogens is 370 g/mol. The molecule has 0 atom stereocenters. The predicted octanol–water partition coefficient (Wildman–Crippen LogP) is 2.86. The molecule has 0 saturated carbocycles. The molecule has 0 saturated heterocycles. The average molecular weight is 385 g/mol. The number of rotatable bonds is 5. The van der Waals surface area contributed by atoms with E-state index in [-0.39, 0.29) is 0 Å². The molecule has 0 amide bonds. The van der Waals surface area contributed by atoms with E-state index in [2.05, 4.69) is 30.4 Å². The molecule has 0 N–H and O–H groups in total. The van der Waals surface area contributed by atoms with E-state index in [0.29, 0.717) is 35.1 Å². The average Bonchev–Trinajstić information content (AvgIpc) is 3.41. The normalized spacial score (nSPS) is 11.1. The van der Waals surface area contributed by atoms with Crippen molar-refractivity contribution in [3.05, 3.63) is 72.5 Å². The Bertz CT molecular complexity index is 1260. The smallest absolute Gasteiger partial charge is 0.234 e. The van der Waals surface area contributed by atoms with Gasteiger partial charge in [-0.1, -0.05) is 40.7 Å². The van der Waals surface area contributed by atoms with Crippen LogP contribution in [-0.2, 0) is 6.42 Å². The molecule has 29 heavy (non-hydrogen) atoms. The van der Waals surface area contributed by atoms with Gasteiger partial charge in [0.05, 0.1) is 25.4 Å². The quantitative estimate of drug-likeness (QED) is 0.455. The van der Waals surface area contributed by atoms with Crippen LogP contribution in [0.3, 0.4) is 0 Å². The largest absolute Gasteiger partial charge is 0.497 e. The van der Waals surface area contributed by atoms with Crippen LogP contribution in [0.4, 0.5) is 0 Å². The summed E-state index contributed by atoms with van der Waals surface area (Å²) in [7, 11) is 1.63. The molecule has 0 spiro atoms. The summed E-state index contributed by atoms with van der Waals surface area (Å²) < 4.78 is 12.2. The zero-order valence-electron chi connectivity index (χ0n) is 15.4. The molecular formula is C20H15N7O2. The zero-order valence-corrected chi connectivity index (χ0v) is 15.4. The Kier molecular flexibility index (Phi) is 4.17. The van der Waals surface area contributed by atoms with Gasteiger partial charge in [0.15, 0.2) is 11.2 Å². The predicted molar refractivity (Wildman–Crippen MR) is 104 cm³/mol. The van der Waals surface area contributed by atoms with Crippen LogP contribution in [0.2, 0.25) is 0 Å². The van der Waals surface area contributed by atoms with Gasteiger partial charge < -0.3 is 9.26 Å². The van der Waals surface area contributed by atoms with Crippen molar-refractivity contribution >= 4 is 11.2 Å². The molecule has 0 unspecified atom stereocenters. The number of fused-ring (bicyclic) bond motifs is 1. The lowest BCUT2D eigenvalue weighted by molar-refractivity contribution is 0.384. The Hall–Kier alpha value is -4.14. The van der Waals surface area contributed by atoms with Crippen LogP contribution in [0.15, 0.2) is 65.3 Å². The fourth-order valence-corrected chi connectivity index (χ4v) is 2.91. The number of aromatic nitrogens is 7. The fraction of sp³-hybridized carbons (Fsp3) is 0.100. The van der Waals surface area contributed by atoms with Crippen LogP contribution in [0.1, 0.15) is 11.7 Å².